The van der Waals surface area contributed by atoms with Gasteiger partial charge in [-0.05, 0) is 215 Å². The molecule has 0 aromatic heterocycles. The Kier molecular flexibility index (Phi) is 18.0. The fourth-order valence-corrected chi connectivity index (χ4v) is 20.1. The van der Waals surface area contributed by atoms with Gasteiger partial charge in [0.2, 0.25) is 11.8 Å². The molecule has 6 unspecified atom stereocenters. The molecule has 8 aliphatic carbocycles. The van der Waals surface area contributed by atoms with Gasteiger partial charge < -0.3 is 30.3 Å². The molecule has 0 saturated heterocycles. The van der Waals surface area contributed by atoms with Crippen LogP contribution < -0.4 is 10.6 Å². The predicted octanol–water partition coefficient (Wildman–Crippen LogP) is 8.08. The van der Waals surface area contributed by atoms with Crippen molar-refractivity contribution in [3.63, 3.8) is 0 Å². The number of ether oxygens (including phenoxy) is 2. The molecule has 75 heavy (non-hydrogen) atoms. The summed E-state index contributed by atoms with van der Waals surface area (Å²) in [7, 11) is -8.26. The lowest BCUT2D eigenvalue weighted by Gasteiger charge is -2.62. The lowest BCUT2D eigenvalue weighted by Crippen LogP contribution is -2.58. The zero-order valence-electron chi connectivity index (χ0n) is 46.0. The van der Waals surface area contributed by atoms with Crippen LogP contribution in [0.3, 0.4) is 0 Å². The van der Waals surface area contributed by atoms with E-state index in [1.54, 1.807) is 0 Å². The Hall–Kier alpha value is -2.38. The van der Waals surface area contributed by atoms with E-state index in [9.17, 15) is 46.2 Å². The van der Waals surface area contributed by atoms with Crippen LogP contribution in [0, 0.1) is 92.7 Å². The number of carbonyl (C=O) groups excluding carboxylic acids is 4. The van der Waals surface area contributed by atoms with Crippen molar-refractivity contribution in [3.8, 4) is 0 Å². The summed E-state index contributed by atoms with van der Waals surface area (Å²) in [5.41, 5.74) is 0.247. The van der Waals surface area contributed by atoms with Gasteiger partial charge in [-0.3, -0.25) is 28.3 Å². The third kappa shape index (κ3) is 12.7. The number of hydrogen-bond acceptors (Lipinski definition) is 12. The number of rotatable bonds is 20. The maximum Gasteiger partial charge on any atom is 0.306 e. The maximum atomic E-state index is 13.3. The Morgan fingerprint density at radius 1 is 0.520 bits per heavy atom. The highest BCUT2D eigenvalue weighted by atomic mass is 32.2. The topological polar surface area (TPSA) is 260 Å². The summed E-state index contributed by atoms with van der Waals surface area (Å²) < 4.78 is 74.4. The van der Waals surface area contributed by atoms with Crippen molar-refractivity contribution in [3.05, 3.63) is 0 Å². The number of aliphatic hydroxyl groups is 2. The standard InChI is InChI=1S/C57H94N2O14S2/c1-34(10-16-48(62)58-26-28-74(66,67)68)40-12-14-42-52-44(20-24-56(40,42)5)54(3)22-18-38(30-36(54)32-46(52)60)72-50(64)8-7-9-51(65)73-39-19-23-55(4)37(31-39)33-47(61)53-43-15-13-41(57(43,6)25-21-45(53)55)35(2)11-17-49(63)59-27-29-75(69,70)71/h34-47,52-53,60-61H,7-33H2,1-6H3,(H,58,62)(H,59,63)(H,66,67,68)(H,69,70,71)/t34-,35-,36?,37?,38+,39+,40-,41-,42-,43?,44-,45-,46+,47+,52?,53?,54+,55?,56-,57-/m1/s1. The highest BCUT2D eigenvalue weighted by Gasteiger charge is 2.65. The van der Waals surface area contributed by atoms with Crippen LogP contribution in [-0.2, 0) is 48.9 Å². The van der Waals surface area contributed by atoms with E-state index in [1.807, 2.05) is 0 Å². The Labute approximate surface area is 448 Å². The molecule has 18 heteroatoms. The first-order chi connectivity index (χ1) is 35.1. The average molecular weight is 1100 g/mol. The molecule has 0 aromatic carbocycles. The highest BCUT2D eigenvalue weighted by Crippen LogP contribution is 2.70. The van der Waals surface area contributed by atoms with E-state index in [-0.39, 0.29) is 107 Å². The van der Waals surface area contributed by atoms with Crippen LogP contribution in [0.4, 0.5) is 0 Å². The molecule has 0 spiro atoms. The van der Waals surface area contributed by atoms with E-state index in [2.05, 4.69) is 52.2 Å². The van der Waals surface area contributed by atoms with Gasteiger partial charge in [-0.15, -0.1) is 0 Å². The first-order valence-corrected chi connectivity index (χ1v) is 32.6. The summed E-state index contributed by atoms with van der Waals surface area (Å²) in [6.07, 6.45) is 16.3. The molecule has 0 radical (unpaired) electrons. The van der Waals surface area contributed by atoms with Crippen LogP contribution in [-0.4, -0.2) is 109 Å². The number of aliphatic hydroxyl groups excluding tert-OH is 2. The average Bonchev–Trinajstić information content (AvgIpc) is 3.87. The van der Waals surface area contributed by atoms with Gasteiger partial charge in [0.25, 0.3) is 20.2 Å². The molecule has 8 aliphatic rings. The molecule has 20 atom stereocenters. The van der Waals surface area contributed by atoms with Crippen LogP contribution >= 0.6 is 0 Å². The van der Waals surface area contributed by atoms with Crippen LogP contribution in [0.5, 0.6) is 0 Å². The van der Waals surface area contributed by atoms with Gasteiger partial charge >= 0.3 is 11.9 Å². The number of amides is 2. The van der Waals surface area contributed by atoms with Crippen LogP contribution in [0.2, 0.25) is 0 Å². The van der Waals surface area contributed by atoms with E-state index in [4.69, 9.17) is 18.6 Å². The quantitative estimate of drug-likeness (QED) is 0.0498. The third-order valence-electron chi connectivity index (χ3n) is 23.2. The van der Waals surface area contributed by atoms with Crippen molar-refractivity contribution in [1.82, 2.24) is 10.6 Å². The van der Waals surface area contributed by atoms with Crippen molar-refractivity contribution >= 4 is 44.0 Å². The summed E-state index contributed by atoms with van der Waals surface area (Å²) in [5.74, 6) is 2.02. The van der Waals surface area contributed by atoms with Gasteiger partial charge in [-0.2, -0.15) is 16.8 Å². The molecule has 0 heterocycles. The minimum absolute atomic E-state index is 0.0529. The van der Waals surface area contributed by atoms with Gasteiger partial charge in [0.1, 0.15) is 12.2 Å². The molecular weight excluding hydrogens is 1000 g/mol. The number of fused-ring (bicyclic) bond motifs is 10. The lowest BCUT2D eigenvalue weighted by atomic mass is 9.43. The SMILES string of the molecule is C[C@H](CCC(=O)NCCS(=O)(=O)O)[C@H]1CC[C@@H]2C3[C@@H](CC[C@@]21C)[C@@]1(C)CC[C@H](OC(=O)CCCC(=O)O[C@H]2CCC4(C)C(C2)C[C@H](O)C2C5CC[C@H]([C@H](C)CCC(=O)NCCS(=O)(=O)O)[C@@]5(C)CC[C@H]24)CC1C[C@@H]3O. The van der Waals surface area contributed by atoms with E-state index < -0.39 is 43.9 Å². The molecule has 16 nitrogen and oxygen atoms in total. The third-order valence-corrected chi connectivity index (χ3v) is 24.6. The van der Waals surface area contributed by atoms with Crippen LogP contribution in [0.15, 0.2) is 0 Å². The second-order valence-corrected chi connectivity index (χ2v) is 30.1. The smallest absolute Gasteiger partial charge is 0.306 e. The van der Waals surface area contributed by atoms with Crippen LogP contribution in [0.25, 0.3) is 0 Å². The fraction of sp³-hybridized carbons (Fsp3) is 0.930. The Morgan fingerprint density at radius 2 is 0.880 bits per heavy atom. The van der Waals surface area contributed by atoms with Crippen molar-refractivity contribution in [2.45, 2.75) is 214 Å². The summed E-state index contributed by atoms with van der Waals surface area (Å²) >= 11 is 0. The molecule has 8 fully saturated rings. The lowest BCUT2D eigenvalue weighted by molar-refractivity contribution is -0.183. The summed E-state index contributed by atoms with van der Waals surface area (Å²) in [4.78, 5) is 51.6. The second kappa shape index (κ2) is 23.0. The molecule has 6 N–H and O–H groups in total. The van der Waals surface area contributed by atoms with Gasteiger partial charge in [0.15, 0.2) is 0 Å². The van der Waals surface area contributed by atoms with Crippen molar-refractivity contribution < 1.29 is 64.8 Å². The van der Waals surface area contributed by atoms with Crippen LogP contribution in [0.1, 0.15) is 189 Å². The van der Waals surface area contributed by atoms with Crippen molar-refractivity contribution in [2.24, 2.45) is 92.7 Å². The summed E-state index contributed by atoms with van der Waals surface area (Å²) in [5, 5.41) is 29.1. The maximum absolute atomic E-state index is 13.3. The normalized spacial score (nSPS) is 42.0. The molecule has 8 saturated carbocycles. The first kappa shape index (κ1) is 58.8. The van der Waals surface area contributed by atoms with Gasteiger partial charge in [0, 0.05) is 38.8 Å². The highest BCUT2D eigenvalue weighted by molar-refractivity contribution is 7.86. The number of nitrogens with one attached hydrogen (secondary N) is 2. The Balaban J connectivity index is 0.748. The van der Waals surface area contributed by atoms with E-state index in [0.717, 1.165) is 89.9 Å². The summed E-state index contributed by atoms with van der Waals surface area (Å²) in [6, 6.07) is 0. The van der Waals surface area contributed by atoms with Gasteiger partial charge in [-0.25, -0.2) is 0 Å². The Bertz CT molecular complexity index is 2140. The molecule has 428 valence electrons. The second-order valence-electron chi connectivity index (χ2n) is 27.0. The Morgan fingerprint density at radius 3 is 1.25 bits per heavy atom. The fourth-order valence-electron chi connectivity index (χ4n) is 19.3. The van der Waals surface area contributed by atoms with Crippen molar-refractivity contribution in [2.75, 3.05) is 24.6 Å². The zero-order valence-corrected chi connectivity index (χ0v) is 47.7. The minimum Gasteiger partial charge on any atom is -0.462 e. The molecule has 0 bridgehead atoms. The molecule has 0 aromatic rings. The zero-order chi connectivity index (χ0) is 54.5. The van der Waals surface area contributed by atoms with E-state index in [1.165, 1.54) is 0 Å². The number of esters is 2. The molecule has 0 aliphatic heterocycles. The number of hydrogen-bond donors (Lipinski definition) is 6. The largest absolute Gasteiger partial charge is 0.462 e. The molecule has 8 rings (SSSR count). The molecule has 2 amide bonds. The van der Waals surface area contributed by atoms with Gasteiger partial charge in [-0.1, -0.05) is 41.5 Å². The molecular formula is C57H94N2O14S2. The van der Waals surface area contributed by atoms with Crippen molar-refractivity contribution in [1.29, 1.82) is 0 Å². The first-order valence-electron chi connectivity index (χ1n) is 29.3. The minimum atomic E-state index is -4.13. The summed E-state index contributed by atoms with van der Waals surface area (Å²) in [6.45, 7) is 13.9. The van der Waals surface area contributed by atoms with E-state index >= 15 is 0 Å². The number of carbonyl (C=O) groups is 4. The van der Waals surface area contributed by atoms with E-state index in [0.29, 0.717) is 92.3 Å². The monoisotopic (exact) mass is 1090 g/mol. The van der Waals surface area contributed by atoms with Gasteiger partial charge in [0.05, 0.1) is 23.7 Å². The predicted molar refractivity (Wildman–Crippen MR) is 282 cm³/mol.